The van der Waals surface area contributed by atoms with Gasteiger partial charge in [0.2, 0.25) is 0 Å². The van der Waals surface area contributed by atoms with Crippen LogP contribution < -0.4 is 5.32 Å². The maximum Gasteiger partial charge on any atom is 0.255 e. The number of anilines is 1. The number of nitrogens with zero attached hydrogens (tertiary/aromatic N) is 1. The number of rotatable bonds is 4. The number of aryl methyl sites for hydroxylation is 1. The molecule has 2 amide bonds. The molecule has 0 aromatic heterocycles. The van der Waals surface area contributed by atoms with Crippen LogP contribution in [0.4, 0.5) is 5.69 Å². The van der Waals surface area contributed by atoms with E-state index < -0.39 is 0 Å². The van der Waals surface area contributed by atoms with Gasteiger partial charge in [-0.3, -0.25) is 9.59 Å². The van der Waals surface area contributed by atoms with Crippen molar-refractivity contribution in [2.45, 2.75) is 38.5 Å². The maximum atomic E-state index is 13.3. The van der Waals surface area contributed by atoms with E-state index in [2.05, 4.69) is 5.32 Å². The third-order valence-electron chi connectivity index (χ3n) is 5.54. The molecule has 0 saturated carbocycles. The van der Waals surface area contributed by atoms with Gasteiger partial charge in [0.15, 0.2) is 6.29 Å². The van der Waals surface area contributed by atoms with Gasteiger partial charge in [-0.05, 0) is 56.0 Å². The van der Waals surface area contributed by atoms with Crippen LogP contribution in [0.5, 0.6) is 0 Å². The average molecular weight is 394 g/mol. The van der Waals surface area contributed by atoms with Gasteiger partial charge in [0, 0.05) is 23.4 Å². The van der Waals surface area contributed by atoms with Crippen molar-refractivity contribution in [3.05, 3.63) is 65.2 Å². The molecule has 0 radical (unpaired) electrons. The lowest BCUT2D eigenvalue weighted by Gasteiger charge is -2.38. The van der Waals surface area contributed by atoms with Crippen molar-refractivity contribution in [1.82, 2.24) is 4.90 Å². The Bertz CT molecular complexity index is 878. The van der Waals surface area contributed by atoms with Gasteiger partial charge in [-0.15, -0.1) is 0 Å². The van der Waals surface area contributed by atoms with E-state index in [0.717, 1.165) is 24.8 Å². The summed E-state index contributed by atoms with van der Waals surface area (Å²) in [4.78, 5) is 27.7. The second-order valence-electron chi connectivity index (χ2n) is 7.52. The van der Waals surface area contributed by atoms with Gasteiger partial charge in [0.05, 0.1) is 19.3 Å². The predicted octanol–water partition coefficient (Wildman–Crippen LogP) is 3.61. The van der Waals surface area contributed by atoms with Crippen molar-refractivity contribution in [3.8, 4) is 0 Å². The Morgan fingerprint density at radius 3 is 2.52 bits per heavy atom. The molecule has 0 aliphatic carbocycles. The number of piperidine rings is 1. The molecule has 2 aliphatic heterocycles. The van der Waals surface area contributed by atoms with E-state index in [1.807, 2.05) is 42.2 Å². The summed E-state index contributed by atoms with van der Waals surface area (Å²) in [5.41, 5.74) is 2.69. The zero-order chi connectivity index (χ0) is 20.2. The Balaban J connectivity index is 1.54. The zero-order valence-electron chi connectivity index (χ0n) is 16.6. The first-order chi connectivity index (χ1) is 14.1. The minimum atomic E-state index is -0.345. The Labute approximate surface area is 170 Å². The molecule has 2 saturated heterocycles. The molecule has 6 heteroatoms. The quantitative estimate of drug-likeness (QED) is 0.860. The van der Waals surface area contributed by atoms with Crippen molar-refractivity contribution < 1.29 is 19.1 Å². The Morgan fingerprint density at radius 1 is 1.00 bits per heavy atom. The highest BCUT2D eigenvalue weighted by atomic mass is 16.7. The third kappa shape index (κ3) is 4.33. The summed E-state index contributed by atoms with van der Waals surface area (Å²) in [5.74, 6) is -0.245. The zero-order valence-corrected chi connectivity index (χ0v) is 16.6. The van der Waals surface area contributed by atoms with Crippen molar-refractivity contribution in [3.63, 3.8) is 0 Å². The fraction of sp³-hybridized carbons (Fsp3) is 0.391. The highest BCUT2D eigenvalue weighted by Gasteiger charge is 2.36. The van der Waals surface area contributed by atoms with Crippen LogP contribution in [0.25, 0.3) is 0 Å². The van der Waals surface area contributed by atoms with Gasteiger partial charge in [0.1, 0.15) is 0 Å². The molecule has 6 nitrogen and oxygen atoms in total. The van der Waals surface area contributed by atoms with E-state index in [4.69, 9.17) is 9.47 Å². The van der Waals surface area contributed by atoms with Gasteiger partial charge >= 0.3 is 0 Å². The smallest absolute Gasteiger partial charge is 0.255 e. The number of carbonyl (C=O) groups is 2. The first-order valence-electron chi connectivity index (χ1n) is 10.1. The van der Waals surface area contributed by atoms with Gasteiger partial charge in [-0.1, -0.05) is 24.3 Å². The minimum absolute atomic E-state index is 0.0518. The monoisotopic (exact) mass is 394 g/mol. The maximum absolute atomic E-state index is 13.3. The van der Waals surface area contributed by atoms with Crippen molar-refractivity contribution >= 4 is 17.5 Å². The average Bonchev–Trinajstić information content (AvgIpc) is 3.30. The lowest BCUT2D eigenvalue weighted by Crippen LogP contribution is -2.50. The lowest BCUT2D eigenvalue weighted by molar-refractivity contribution is -0.100. The molecule has 2 aromatic rings. The Hall–Kier alpha value is -2.70. The van der Waals surface area contributed by atoms with Crippen molar-refractivity contribution in [2.75, 3.05) is 25.1 Å². The Morgan fingerprint density at radius 2 is 1.76 bits per heavy atom. The van der Waals surface area contributed by atoms with Gasteiger partial charge in [-0.25, -0.2) is 0 Å². The number of benzene rings is 2. The molecule has 1 atom stereocenters. The molecule has 4 rings (SSSR count). The molecule has 2 fully saturated rings. The SMILES string of the molecule is Cc1ccc(C(=O)N2CCCC[C@H]2C2OCCO2)cc1NC(=O)c1ccccc1. The predicted molar refractivity (Wildman–Crippen MR) is 110 cm³/mol. The van der Waals surface area contributed by atoms with E-state index in [1.54, 1.807) is 18.2 Å². The van der Waals surface area contributed by atoms with Crippen molar-refractivity contribution in [1.29, 1.82) is 0 Å². The van der Waals surface area contributed by atoms with Crippen LogP contribution in [-0.2, 0) is 9.47 Å². The highest BCUT2D eigenvalue weighted by Crippen LogP contribution is 2.27. The number of carbonyl (C=O) groups excluding carboxylic acids is 2. The summed E-state index contributed by atoms with van der Waals surface area (Å²) in [6.07, 6.45) is 2.56. The summed E-state index contributed by atoms with van der Waals surface area (Å²) in [6.45, 7) is 3.75. The molecule has 1 N–H and O–H groups in total. The minimum Gasteiger partial charge on any atom is -0.348 e. The summed E-state index contributed by atoms with van der Waals surface area (Å²) in [6, 6.07) is 14.4. The normalized spacial score (nSPS) is 19.9. The molecule has 29 heavy (non-hydrogen) atoms. The molecule has 0 spiro atoms. The van der Waals surface area contributed by atoms with E-state index in [0.29, 0.717) is 36.6 Å². The number of ether oxygens (including phenoxy) is 2. The van der Waals surface area contributed by atoms with Crippen LogP contribution in [0.1, 0.15) is 45.5 Å². The topological polar surface area (TPSA) is 67.9 Å². The largest absolute Gasteiger partial charge is 0.348 e. The van der Waals surface area contributed by atoms with Crippen LogP contribution in [0.3, 0.4) is 0 Å². The molecule has 2 aliphatic rings. The molecule has 2 heterocycles. The molecular formula is C23H26N2O4. The van der Waals surface area contributed by atoms with Crippen LogP contribution in [0.15, 0.2) is 48.5 Å². The highest BCUT2D eigenvalue weighted by molar-refractivity contribution is 6.05. The second-order valence-corrected chi connectivity index (χ2v) is 7.52. The number of nitrogens with one attached hydrogen (secondary N) is 1. The molecular weight excluding hydrogens is 368 g/mol. The lowest BCUT2D eigenvalue weighted by atomic mass is 9.99. The standard InChI is InChI=1S/C23H26N2O4/c1-16-10-11-18(15-19(16)24-21(26)17-7-3-2-4-8-17)22(27)25-12-6-5-9-20(25)23-28-13-14-29-23/h2-4,7-8,10-11,15,20,23H,5-6,9,12-14H2,1H3,(H,24,26)/t20-/m0/s1. The van der Waals surface area contributed by atoms with Crippen LogP contribution in [0, 0.1) is 6.92 Å². The fourth-order valence-electron chi connectivity index (χ4n) is 3.93. The van der Waals surface area contributed by atoms with Gasteiger partial charge in [-0.2, -0.15) is 0 Å². The molecule has 152 valence electrons. The van der Waals surface area contributed by atoms with Crippen LogP contribution in [-0.4, -0.2) is 48.8 Å². The van der Waals surface area contributed by atoms with E-state index >= 15 is 0 Å². The van der Waals surface area contributed by atoms with Gasteiger partial charge < -0.3 is 19.7 Å². The van der Waals surface area contributed by atoms with Gasteiger partial charge in [0.25, 0.3) is 11.8 Å². The summed E-state index contributed by atoms with van der Waals surface area (Å²) < 4.78 is 11.4. The number of hydrogen-bond donors (Lipinski definition) is 1. The molecule has 0 bridgehead atoms. The molecule has 0 unspecified atom stereocenters. The van der Waals surface area contributed by atoms with E-state index in [-0.39, 0.29) is 24.1 Å². The van der Waals surface area contributed by atoms with Crippen molar-refractivity contribution in [2.24, 2.45) is 0 Å². The summed E-state index contributed by atoms with van der Waals surface area (Å²) in [7, 11) is 0. The summed E-state index contributed by atoms with van der Waals surface area (Å²) >= 11 is 0. The number of hydrogen-bond acceptors (Lipinski definition) is 4. The second kappa shape index (κ2) is 8.76. The van der Waals surface area contributed by atoms with Crippen LogP contribution in [0.2, 0.25) is 0 Å². The van der Waals surface area contributed by atoms with E-state index in [9.17, 15) is 9.59 Å². The first-order valence-corrected chi connectivity index (χ1v) is 10.1. The number of likely N-dealkylation sites (tertiary alicyclic amines) is 1. The van der Waals surface area contributed by atoms with E-state index in [1.165, 1.54) is 0 Å². The first kappa shape index (κ1) is 19.6. The third-order valence-corrected chi connectivity index (χ3v) is 5.54. The Kier molecular flexibility index (Phi) is 5.92. The fourth-order valence-corrected chi connectivity index (χ4v) is 3.93. The summed E-state index contributed by atoms with van der Waals surface area (Å²) in [5, 5.41) is 2.93. The van der Waals surface area contributed by atoms with Crippen LogP contribution >= 0.6 is 0 Å². The number of amides is 2. The molecule has 2 aromatic carbocycles.